The van der Waals surface area contributed by atoms with Gasteiger partial charge in [0, 0.05) is 0 Å². The fraction of sp³-hybridized carbons (Fsp3) is 0.385. The van der Waals surface area contributed by atoms with Crippen LogP contribution in [0.2, 0.25) is 0 Å². The average molecular weight is 232 g/mol. The molecule has 0 aliphatic rings. The first-order valence-electron chi connectivity index (χ1n) is 5.41. The first kappa shape index (κ1) is 12.7. The van der Waals surface area contributed by atoms with E-state index in [-0.39, 0.29) is 0 Å². The van der Waals surface area contributed by atoms with Gasteiger partial charge in [-0.25, -0.2) is 4.98 Å². The summed E-state index contributed by atoms with van der Waals surface area (Å²) < 4.78 is 1.14. The maximum absolute atomic E-state index is 8.99. The SMILES string of the molecule is CC.CC(C)(C#N)c1nc2ccccc2s1. The van der Waals surface area contributed by atoms with Gasteiger partial charge in [0.1, 0.15) is 10.4 Å². The molecule has 0 unspecified atom stereocenters. The molecule has 0 spiro atoms. The lowest BCUT2D eigenvalue weighted by Gasteiger charge is -2.09. The highest BCUT2D eigenvalue weighted by Gasteiger charge is 2.23. The highest BCUT2D eigenvalue weighted by atomic mass is 32.1. The Morgan fingerprint density at radius 3 is 2.44 bits per heavy atom. The highest BCUT2D eigenvalue weighted by Crippen LogP contribution is 2.30. The smallest absolute Gasteiger partial charge is 0.114 e. The maximum Gasteiger partial charge on any atom is 0.114 e. The maximum atomic E-state index is 8.99. The van der Waals surface area contributed by atoms with Crippen LogP contribution in [0.25, 0.3) is 10.2 Å². The fourth-order valence-corrected chi connectivity index (χ4v) is 2.21. The van der Waals surface area contributed by atoms with Crippen LogP contribution in [-0.2, 0) is 5.41 Å². The standard InChI is InChI=1S/C11H10N2S.C2H6/c1-11(2,7-12)10-13-8-5-3-4-6-9(8)14-10;1-2/h3-6H,1-2H3;1-2H3. The molecule has 2 nitrogen and oxygen atoms in total. The third-order valence-electron chi connectivity index (χ3n) is 2.11. The van der Waals surface area contributed by atoms with Gasteiger partial charge in [0.25, 0.3) is 0 Å². The van der Waals surface area contributed by atoms with Gasteiger partial charge < -0.3 is 0 Å². The number of fused-ring (bicyclic) bond motifs is 1. The molecule has 84 valence electrons. The Morgan fingerprint density at radius 1 is 1.25 bits per heavy atom. The second-order valence-corrected chi connectivity index (χ2v) is 4.75. The van der Waals surface area contributed by atoms with E-state index in [1.165, 1.54) is 0 Å². The lowest BCUT2D eigenvalue weighted by molar-refractivity contribution is 0.682. The van der Waals surface area contributed by atoms with E-state index in [1.54, 1.807) is 11.3 Å². The summed E-state index contributed by atoms with van der Waals surface area (Å²) in [5.41, 5.74) is 0.500. The molecule has 3 heteroatoms. The monoisotopic (exact) mass is 232 g/mol. The summed E-state index contributed by atoms with van der Waals surface area (Å²) in [5, 5.41) is 9.88. The van der Waals surface area contributed by atoms with Crippen LogP contribution in [0.5, 0.6) is 0 Å². The first-order chi connectivity index (χ1) is 7.63. The van der Waals surface area contributed by atoms with E-state index in [9.17, 15) is 0 Å². The van der Waals surface area contributed by atoms with Crippen LogP contribution in [0.1, 0.15) is 32.7 Å². The van der Waals surface area contributed by atoms with Crippen LogP contribution in [-0.4, -0.2) is 4.98 Å². The molecule has 0 aliphatic heterocycles. The number of rotatable bonds is 1. The topological polar surface area (TPSA) is 36.7 Å². The zero-order valence-corrected chi connectivity index (χ0v) is 10.9. The minimum atomic E-state index is -0.482. The van der Waals surface area contributed by atoms with Crippen molar-refractivity contribution in [2.45, 2.75) is 33.1 Å². The third kappa shape index (κ3) is 2.40. The van der Waals surface area contributed by atoms with Gasteiger partial charge in [-0.1, -0.05) is 26.0 Å². The fourth-order valence-electron chi connectivity index (χ4n) is 1.19. The van der Waals surface area contributed by atoms with Gasteiger partial charge in [0.15, 0.2) is 0 Å². The van der Waals surface area contributed by atoms with E-state index in [1.807, 2.05) is 52.0 Å². The molecule has 0 N–H and O–H groups in total. The molecule has 0 saturated heterocycles. The van der Waals surface area contributed by atoms with Crippen molar-refractivity contribution in [1.82, 2.24) is 4.98 Å². The summed E-state index contributed by atoms with van der Waals surface area (Å²) in [6, 6.07) is 10.2. The molecule has 0 saturated carbocycles. The van der Waals surface area contributed by atoms with Gasteiger partial charge in [-0.3, -0.25) is 0 Å². The van der Waals surface area contributed by atoms with Gasteiger partial charge in [0.2, 0.25) is 0 Å². The van der Waals surface area contributed by atoms with Crippen LogP contribution in [0.15, 0.2) is 24.3 Å². The van der Waals surface area contributed by atoms with Crippen LogP contribution in [0.3, 0.4) is 0 Å². The Kier molecular flexibility index (Phi) is 4.03. The molecule has 2 rings (SSSR count). The molecule has 0 fully saturated rings. The second-order valence-electron chi connectivity index (χ2n) is 3.72. The van der Waals surface area contributed by atoms with E-state index < -0.39 is 5.41 Å². The van der Waals surface area contributed by atoms with Crippen molar-refractivity contribution in [2.75, 3.05) is 0 Å². The Morgan fingerprint density at radius 2 is 1.88 bits per heavy atom. The van der Waals surface area contributed by atoms with Crippen molar-refractivity contribution < 1.29 is 0 Å². The molecule has 1 heterocycles. The lowest BCUT2D eigenvalue weighted by atomic mass is 9.97. The summed E-state index contributed by atoms with van der Waals surface area (Å²) in [4.78, 5) is 4.45. The van der Waals surface area contributed by atoms with Crippen LogP contribution in [0, 0.1) is 11.3 Å². The van der Waals surface area contributed by atoms with Crippen molar-refractivity contribution in [3.63, 3.8) is 0 Å². The second kappa shape index (κ2) is 5.09. The molecule has 0 aliphatic carbocycles. The Hall–Kier alpha value is -1.40. The number of hydrogen-bond acceptors (Lipinski definition) is 3. The van der Waals surface area contributed by atoms with Crippen molar-refractivity contribution in [3.8, 4) is 6.07 Å². The van der Waals surface area contributed by atoms with Crippen molar-refractivity contribution in [3.05, 3.63) is 29.3 Å². The van der Waals surface area contributed by atoms with Gasteiger partial charge in [-0.15, -0.1) is 11.3 Å². The lowest BCUT2D eigenvalue weighted by Crippen LogP contribution is -2.12. The van der Waals surface area contributed by atoms with Crippen molar-refractivity contribution >= 4 is 21.6 Å². The molecule has 0 amide bonds. The van der Waals surface area contributed by atoms with Gasteiger partial charge in [0.05, 0.1) is 16.3 Å². The molecular formula is C13H16N2S. The zero-order valence-electron chi connectivity index (χ0n) is 10.1. The van der Waals surface area contributed by atoms with Crippen LogP contribution >= 0.6 is 11.3 Å². The Balaban J connectivity index is 0.000000606. The van der Waals surface area contributed by atoms with Crippen LogP contribution in [0.4, 0.5) is 0 Å². The Labute approximate surface area is 101 Å². The molecule has 0 bridgehead atoms. The molecule has 0 atom stereocenters. The first-order valence-corrected chi connectivity index (χ1v) is 6.22. The van der Waals surface area contributed by atoms with Gasteiger partial charge in [-0.2, -0.15) is 5.26 Å². The number of para-hydroxylation sites is 1. The third-order valence-corrected chi connectivity index (χ3v) is 3.47. The molecule has 2 aromatic rings. The summed E-state index contributed by atoms with van der Waals surface area (Å²) in [7, 11) is 0. The number of thiazole rings is 1. The average Bonchev–Trinajstić information content (AvgIpc) is 2.76. The quantitative estimate of drug-likeness (QED) is 0.741. The number of aromatic nitrogens is 1. The van der Waals surface area contributed by atoms with E-state index in [0.29, 0.717) is 0 Å². The predicted molar refractivity (Wildman–Crippen MR) is 69.6 cm³/mol. The number of benzene rings is 1. The minimum absolute atomic E-state index is 0.482. The summed E-state index contributed by atoms with van der Waals surface area (Å²) >= 11 is 1.60. The molecule has 1 aromatic heterocycles. The van der Waals surface area contributed by atoms with Gasteiger partial charge in [-0.05, 0) is 26.0 Å². The van der Waals surface area contributed by atoms with Crippen LogP contribution < -0.4 is 0 Å². The van der Waals surface area contributed by atoms with E-state index in [0.717, 1.165) is 15.2 Å². The van der Waals surface area contributed by atoms with Crippen molar-refractivity contribution in [2.24, 2.45) is 0 Å². The van der Waals surface area contributed by atoms with E-state index >= 15 is 0 Å². The molecule has 0 radical (unpaired) electrons. The zero-order chi connectivity index (χ0) is 12.2. The number of nitriles is 1. The van der Waals surface area contributed by atoms with E-state index in [4.69, 9.17) is 5.26 Å². The molecule has 16 heavy (non-hydrogen) atoms. The normalized spacial score (nSPS) is 10.4. The minimum Gasteiger partial charge on any atom is -0.239 e. The summed E-state index contributed by atoms with van der Waals surface area (Å²) in [6.07, 6.45) is 0. The predicted octanol–water partition coefficient (Wildman–Crippen LogP) is 4.12. The number of nitrogens with zero attached hydrogens (tertiary/aromatic N) is 2. The Bertz CT molecular complexity index is 473. The molecular weight excluding hydrogens is 216 g/mol. The largest absolute Gasteiger partial charge is 0.239 e. The van der Waals surface area contributed by atoms with Crippen molar-refractivity contribution in [1.29, 1.82) is 5.26 Å². The van der Waals surface area contributed by atoms with Gasteiger partial charge >= 0.3 is 0 Å². The van der Waals surface area contributed by atoms with E-state index in [2.05, 4.69) is 11.1 Å². The highest BCUT2D eigenvalue weighted by molar-refractivity contribution is 7.18. The summed E-state index contributed by atoms with van der Waals surface area (Å²) in [5.74, 6) is 0. The molecule has 1 aromatic carbocycles. The number of hydrogen-bond donors (Lipinski definition) is 0. The summed E-state index contributed by atoms with van der Waals surface area (Å²) in [6.45, 7) is 7.79.